The Morgan fingerprint density at radius 3 is 2.17 bits per heavy atom. The Morgan fingerprint density at radius 2 is 1.61 bits per heavy atom. The quantitative estimate of drug-likeness (QED) is 0.708. The van der Waals surface area contributed by atoms with Gasteiger partial charge in [0.25, 0.3) is 0 Å². The van der Waals surface area contributed by atoms with Crippen LogP contribution in [0.4, 0.5) is 5.69 Å². The average Bonchev–Trinajstić information content (AvgIpc) is 2.42. The van der Waals surface area contributed by atoms with Crippen LogP contribution in [0.1, 0.15) is 51.0 Å². The largest absolute Gasteiger partial charge is 0.362 e. The van der Waals surface area contributed by atoms with Crippen LogP contribution >= 0.6 is 0 Å². The van der Waals surface area contributed by atoms with Crippen LogP contribution in [-0.4, -0.2) is 11.6 Å². The molecule has 3 heterocycles. The molecule has 0 radical (unpaired) electrons. The van der Waals surface area contributed by atoms with E-state index in [4.69, 9.17) is 0 Å². The molecule has 1 aromatic carbocycles. The van der Waals surface area contributed by atoms with E-state index in [1.807, 2.05) is 0 Å². The van der Waals surface area contributed by atoms with Gasteiger partial charge in [-0.05, 0) is 69.4 Å². The zero-order chi connectivity index (χ0) is 12.4. The molecule has 96 valence electrons. The van der Waals surface area contributed by atoms with Crippen molar-refractivity contribution < 1.29 is 0 Å². The van der Waals surface area contributed by atoms with Crippen molar-refractivity contribution in [1.29, 1.82) is 0 Å². The summed E-state index contributed by atoms with van der Waals surface area (Å²) in [5.41, 5.74) is 4.11. The van der Waals surface area contributed by atoms with Crippen molar-refractivity contribution in [2.75, 3.05) is 4.90 Å². The molecule has 2 bridgehead atoms. The number of benzene rings is 1. The topological polar surface area (TPSA) is 3.24 Å². The maximum Gasteiger partial charge on any atom is 0.0406 e. The Labute approximate surface area is 110 Å². The highest BCUT2D eigenvalue weighted by molar-refractivity contribution is 5.58. The van der Waals surface area contributed by atoms with Gasteiger partial charge in [0.15, 0.2) is 0 Å². The predicted octanol–water partition coefficient (Wildman–Crippen LogP) is 4.30. The molecule has 3 saturated carbocycles. The second-order valence-corrected chi connectivity index (χ2v) is 6.92. The molecule has 18 heavy (non-hydrogen) atoms. The summed E-state index contributed by atoms with van der Waals surface area (Å²) in [6.07, 6.45) is 8.76. The fraction of sp³-hybridized carbons (Fsp3) is 0.647. The van der Waals surface area contributed by atoms with E-state index in [1.165, 1.54) is 49.8 Å². The summed E-state index contributed by atoms with van der Waals surface area (Å²) in [5.74, 6) is 0. The third-order valence-electron chi connectivity index (χ3n) is 6.42. The van der Waals surface area contributed by atoms with Crippen LogP contribution in [0.25, 0.3) is 0 Å². The van der Waals surface area contributed by atoms with Crippen LogP contribution in [-0.2, 0) is 0 Å². The minimum Gasteiger partial charge on any atom is -0.362 e. The molecule has 7 rings (SSSR count). The molecule has 0 unspecified atom stereocenters. The molecule has 3 saturated heterocycles. The van der Waals surface area contributed by atoms with Crippen molar-refractivity contribution in [1.82, 2.24) is 0 Å². The van der Waals surface area contributed by atoms with Gasteiger partial charge in [-0.1, -0.05) is 18.2 Å². The third kappa shape index (κ3) is 1.13. The van der Waals surface area contributed by atoms with E-state index < -0.39 is 0 Å². The van der Waals surface area contributed by atoms with Gasteiger partial charge in [0, 0.05) is 17.3 Å². The van der Waals surface area contributed by atoms with Crippen LogP contribution in [0.5, 0.6) is 0 Å². The molecule has 6 fully saturated rings. The summed E-state index contributed by atoms with van der Waals surface area (Å²) < 4.78 is 0. The molecule has 3 aliphatic carbocycles. The minimum absolute atomic E-state index is 0.505. The van der Waals surface area contributed by atoms with E-state index >= 15 is 0 Å². The Morgan fingerprint density at radius 1 is 1.00 bits per heavy atom. The Hall–Kier alpha value is -0.980. The van der Waals surface area contributed by atoms with E-state index in [0.29, 0.717) is 11.0 Å². The number of anilines is 1. The summed E-state index contributed by atoms with van der Waals surface area (Å²) in [7, 11) is 0. The van der Waals surface area contributed by atoms with Gasteiger partial charge in [-0.2, -0.15) is 0 Å². The van der Waals surface area contributed by atoms with Crippen LogP contribution in [0.2, 0.25) is 0 Å². The van der Waals surface area contributed by atoms with Gasteiger partial charge in [-0.25, -0.2) is 0 Å². The van der Waals surface area contributed by atoms with Crippen LogP contribution in [0.15, 0.2) is 24.3 Å². The summed E-state index contributed by atoms with van der Waals surface area (Å²) in [4.78, 5) is 2.82. The highest BCUT2D eigenvalue weighted by atomic mass is 15.3. The molecule has 1 atom stereocenters. The molecular weight excluding hydrogens is 218 g/mol. The molecule has 0 amide bonds. The van der Waals surface area contributed by atoms with Crippen molar-refractivity contribution in [2.45, 2.75) is 64.0 Å². The highest BCUT2D eigenvalue weighted by Crippen LogP contribution is 2.64. The van der Waals surface area contributed by atoms with Crippen molar-refractivity contribution >= 4 is 5.69 Å². The van der Waals surface area contributed by atoms with Crippen molar-refractivity contribution in [2.24, 2.45) is 5.41 Å². The lowest BCUT2D eigenvalue weighted by Gasteiger charge is -2.70. The average molecular weight is 241 g/mol. The zero-order valence-corrected chi connectivity index (χ0v) is 11.6. The molecule has 0 N–H and O–H groups in total. The summed E-state index contributed by atoms with van der Waals surface area (Å²) in [5, 5.41) is 0. The maximum atomic E-state index is 2.82. The standard InChI is InChI=1S/C17H23N/c1-13-5-3-4-6-15(13)18-14(2)16-7-10-17(18,11-8-16)12-9-16/h3-6,14H,7-12H2,1-2H3/t14-,16?,17?/m0/s1. The first kappa shape index (κ1) is 10.9. The first-order valence-electron chi connectivity index (χ1n) is 7.52. The molecule has 1 nitrogen and oxygen atoms in total. The van der Waals surface area contributed by atoms with Gasteiger partial charge in [-0.15, -0.1) is 0 Å². The summed E-state index contributed by atoms with van der Waals surface area (Å²) in [6, 6.07) is 9.73. The molecule has 6 aliphatic rings. The lowest BCUT2D eigenvalue weighted by Crippen LogP contribution is -2.71. The SMILES string of the molecule is Cc1ccccc1N1[C@@H](C)C23CCC1(CC2)CC3. The lowest BCUT2D eigenvalue weighted by atomic mass is 9.49. The highest BCUT2D eigenvalue weighted by Gasteiger charge is 2.61. The number of rotatable bonds is 1. The van der Waals surface area contributed by atoms with Gasteiger partial charge in [-0.3, -0.25) is 0 Å². The van der Waals surface area contributed by atoms with Crippen LogP contribution < -0.4 is 4.90 Å². The molecule has 3 aliphatic heterocycles. The summed E-state index contributed by atoms with van der Waals surface area (Å²) >= 11 is 0. The monoisotopic (exact) mass is 241 g/mol. The van der Waals surface area contributed by atoms with Crippen molar-refractivity contribution in [3.8, 4) is 0 Å². The smallest absolute Gasteiger partial charge is 0.0406 e. The van der Waals surface area contributed by atoms with E-state index in [-0.39, 0.29) is 0 Å². The number of hydrogen-bond donors (Lipinski definition) is 0. The number of aryl methyl sites for hydroxylation is 1. The van der Waals surface area contributed by atoms with Gasteiger partial charge in [0.2, 0.25) is 0 Å². The number of piperidine rings is 3. The van der Waals surface area contributed by atoms with Gasteiger partial charge >= 0.3 is 0 Å². The van der Waals surface area contributed by atoms with Crippen molar-refractivity contribution in [3.63, 3.8) is 0 Å². The lowest BCUT2D eigenvalue weighted by molar-refractivity contribution is -0.0447. The normalized spacial score (nSPS) is 41.4. The maximum absolute atomic E-state index is 2.82. The van der Waals surface area contributed by atoms with Gasteiger partial charge in [0.1, 0.15) is 0 Å². The molecule has 1 aromatic rings. The zero-order valence-electron chi connectivity index (χ0n) is 11.6. The molecule has 1 heteroatoms. The molecular formula is C17H23N. The van der Waals surface area contributed by atoms with Gasteiger partial charge in [0.05, 0.1) is 0 Å². The number of hydrogen-bond acceptors (Lipinski definition) is 1. The second kappa shape index (κ2) is 3.31. The molecule has 0 aromatic heterocycles. The summed E-state index contributed by atoms with van der Waals surface area (Å²) in [6.45, 7) is 4.75. The van der Waals surface area contributed by atoms with E-state index in [0.717, 1.165) is 6.04 Å². The second-order valence-electron chi connectivity index (χ2n) is 6.92. The molecule has 0 spiro atoms. The first-order valence-corrected chi connectivity index (χ1v) is 7.52. The third-order valence-corrected chi connectivity index (χ3v) is 6.42. The first-order chi connectivity index (χ1) is 8.67. The Kier molecular flexibility index (Phi) is 2.01. The fourth-order valence-electron chi connectivity index (χ4n) is 5.17. The van der Waals surface area contributed by atoms with E-state index in [9.17, 15) is 0 Å². The van der Waals surface area contributed by atoms with Gasteiger partial charge < -0.3 is 4.90 Å². The van der Waals surface area contributed by atoms with E-state index in [1.54, 1.807) is 0 Å². The fourth-order valence-corrected chi connectivity index (χ4v) is 5.17. The Bertz CT molecular complexity index is 466. The number of nitrogens with zero attached hydrogens (tertiary/aromatic N) is 1. The van der Waals surface area contributed by atoms with Crippen LogP contribution in [0.3, 0.4) is 0 Å². The van der Waals surface area contributed by atoms with E-state index in [2.05, 4.69) is 43.0 Å². The predicted molar refractivity (Wildman–Crippen MR) is 76.0 cm³/mol. The van der Waals surface area contributed by atoms with Crippen molar-refractivity contribution in [3.05, 3.63) is 29.8 Å². The Balaban J connectivity index is 1.85. The minimum atomic E-state index is 0.505. The number of para-hydroxylation sites is 1. The van der Waals surface area contributed by atoms with Crippen LogP contribution in [0, 0.1) is 12.3 Å².